The number of hydrogen-bond donors (Lipinski definition) is 0. The van der Waals surface area contributed by atoms with E-state index < -0.39 is 10.0 Å². The van der Waals surface area contributed by atoms with Crippen molar-refractivity contribution in [1.82, 2.24) is 4.31 Å². The van der Waals surface area contributed by atoms with Gasteiger partial charge >= 0.3 is 0 Å². The number of benzene rings is 1. The molecule has 3 rings (SSSR count). The molecule has 3 nitrogen and oxygen atoms in total. The van der Waals surface area contributed by atoms with Gasteiger partial charge in [-0.3, -0.25) is 4.31 Å². The highest BCUT2D eigenvalue weighted by Gasteiger charge is 2.50. The Balaban J connectivity index is 2.01. The maximum Gasteiger partial charge on any atom is 0.264 e. The Kier molecular flexibility index (Phi) is 4.93. The maximum atomic E-state index is 13.2. The largest absolute Gasteiger partial charge is 0.269 e. The van der Waals surface area contributed by atoms with Crippen molar-refractivity contribution >= 4 is 33.2 Å². The quantitative estimate of drug-likeness (QED) is 0.721. The molecule has 1 saturated carbocycles. The molecule has 6 heteroatoms. The summed E-state index contributed by atoms with van der Waals surface area (Å²) in [5, 5.41) is -0.0101. The Morgan fingerprint density at radius 2 is 1.83 bits per heavy atom. The maximum absolute atomic E-state index is 13.2. The Labute approximate surface area is 154 Å². The minimum absolute atomic E-state index is 0.0101. The number of hydrogen-bond acceptors (Lipinski definition) is 2. The van der Waals surface area contributed by atoms with Crippen LogP contribution in [0.1, 0.15) is 25.8 Å². The first-order valence-electron chi connectivity index (χ1n) is 8.26. The minimum atomic E-state index is -3.57. The van der Waals surface area contributed by atoms with Crippen molar-refractivity contribution in [3.8, 4) is 0 Å². The van der Waals surface area contributed by atoms with Crippen molar-refractivity contribution in [3.63, 3.8) is 0 Å². The highest BCUT2D eigenvalue weighted by molar-refractivity contribution is 7.89. The highest BCUT2D eigenvalue weighted by atomic mass is 35.5. The third-order valence-corrected chi connectivity index (χ3v) is 8.03. The number of halogens is 2. The molecule has 0 radical (unpaired) electrons. The van der Waals surface area contributed by atoms with E-state index in [9.17, 15) is 8.42 Å². The molecule has 0 saturated heterocycles. The summed E-state index contributed by atoms with van der Waals surface area (Å²) < 4.78 is 27.9. The zero-order chi connectivity index (χ0) is 17.6. The van der Waals surface area contributed by atoms with E-state index in [0.29, 0.717) is 10.8 Å². The molecular weight excluding hydrogens is 365 g/mol. The topological polar surface area (TPSA) is 37.4 Å². The van der Waals surface area contributed by atoms with Crippen LogP contribution in [0.25, 0.3) is 0 Å². The molecule has 1 aromatic rings. The molecule has 0 N–H and O–H groups in total. The lowest BCUT2D eigenvalue weighted by atomic mass is 9.70. The van der Waals surface area contributed by atoms with Gasteiger partial charge in [-0.25, -0.2) is 8.42 Å². The first-order valence-corrected chi connectivity index (χ1v) is 10.7. The average molecular weight is 388 g/mol. The summed E-state index contributed by atoms with van der Waals surface area (Å²) in [6.07, 6.45) is 2.57. The van der Waals surface area contributed by atoms with Crippen LogP contribution in [-0.4, -0.2) is 30.0 Å². The molecule has 1 fully saturated rings. The molecule has 1 aliphatic carbocycles. The second kappa shape index (κ2) is 6.54. The highest BCUT2D eigenvalue weighted by Crippen LogP contribution is 2.48. The van der Waals surface area contributed by atoms with Gasteiger partial charge in [0.15, 0.2) is 0 Å². The monoisotopic (exact) mass is 387 g/mol. The van der Waals surface area contributed by atoms with Crippen LogP contribution < -0.4 is 0 Å². The van der Waals surface area contributed by atoms with Crippen LogP contribution in [0.5, 0.6) is 0 Å². The van der Waals surface area contributed by atoms with E-state index in [2.05, 4.69) is 6.92 Å². The Bertz CT molecular complexity index is 745. The fourth-order valence-corrected chi connectivity index (χ4v) is 6.86. The van der Waals surface area contributed by atoms with Crippen LogP contribution in [0, 0.1) is 24.7 Å². The van der Waals surface area contributed by atoms with Gasteiger partial charge in [0, 0.05) is 23.4 Å². The molecule has 1 aliphatic heterocycles. The molecule has 0 amide bonds. The summed E-state index contributed by atoms with van der Waals surface area (Å²) >= 11 is 12.7. The molecule has 132 valence electrons. The fourth-order valence-electron chi connectivity index (χ4n) is 4.14. The van der Waals surface area contributed by atoms with E-state index in [0.717, 1.165) is 17.6 Å². The van der Waals surface area contributed by atoms with Crippen LogP contribution in [0.3, 0.4) is 0 Å². The molecule has 0 spiro atoms. The van der Waals surface area contributed by atoms with Gasteiger partial charge in [0.2, 0.25) is 0 Å². The van der Waals surface area contributed by atoms with Crippen molar-refractivity contribution in [1.29, 1.82) is 0 Å². The molecule has 0 bridgehead atoms. The van der Waals surface area contributed by atoms with E-state index in [1.54, 1.807) is 22.6 Å². The standard InChI is InChI=1S/C18H23Cl2NO2S/c1-11-4-6-14(7-5-11)24(22,23)21-10-13(3)17-15(9-19)16(20)8-12(2)18(17)21/h4-7,10,12,15-18H,8-9H2,1-3H3/t12-,15?,16?,17?,18?/m1/s1. The Hall–Kier alpha value is -0.710. The molecule has 2 aliphatic rings. The number of fused-ring (bicyclic) bond motifs is 1. The number of aryl methyl sites for hydroxylation is 1. The fraction of sp³-hybridized carbons (Fsp3) is 0.556. The van der Waals surface area contributed by atoms with E-state index in [-0.39, 0.29) is 29.2 Å². The number of alkyl halides is 2. The third-order valence-electron chi connectivity index (χ3n) is 5.40. The summed E-state index contributed by atoms with van der Waals surface area (Å²) in [6, 6.07) is 6.92. The average Bonchev–Trinajstić information content (AvgIpc) is 2.87. The zero-order valence-electron chi connectivity index (χ0n) is 14.1. The van der Waals surface area contributed by atoms with Gasteiger partial charge in [0.1, 0.15) is 0 Å². The molecule has 24 heavy (non-hydrogen) atoms. The normalized spacial score (nSPS) is 33.3. The second-order valence-corrected chi connectivity index (χ2v) is 9.80. The first-order chi connectivity index (χ1) is 11.3. The lowest BCUT2D eigenvalue weighted by molar-refractivity contribution is 0.154. The van der Waals surface area contributed by atoms with Gasteiger partial charge in [0.05, 0.1) is 10.9 Å². The number of sulfonamides is 1. The van der Waals surface area contributed by atoms with Crippen molar-refractivity contribution in [2.45, 2.75) is 43.5 Å². The SMILES string of the molecule is CC1=CN(S(=O)(=O)c2ccc(C)cc2)C2C1C(CCl)C(Cl)C[C@H]2C. The van der Waals surface area contributed by atoms with E-state index in [1.807, 2.05) is 26.0 Å². The molecule has 4 unspecified atom stereocenters. The summed E-state index contributed by atoms with van der Waals surface area (Å²) in [6.45, 7) is 6.02. The predicted molar refractivity (Wildman–Crippen MR) is 98.9 cm³/mol. The van der Waals surface area contributed by atoms with Crippen LogP contribution in [-0.2, 0) is 10.0 Å². The van der Waals surface area contributed by atoms with Crippen molar-refractivity contribution < 1.29 is 8.42 Å². The van der Waals surface area contributed by atoms with Gasteiger partial charge in [-0.05, 0) is 44.2 Å². The summed E-state index contributed by atoms with van der Waals surface area (Å²) in [5.74, 6) is 0.829. The summed E-state index contributed by atoms with van der Waals surface area (Å²) in [5.41, 5.74) is 2.09. The third kappa shape index (κ3) is 2.87. The molecular formula is C18H23Cl2NO2S. The first kappa shape index (κ1) is 18.1. The Morgan fingerprint density at radius 1 is 1.21 bits per heavy atom. The van der Waals surface area contributed by atoms with Gasteiger partial charge in [-0.2, -0.15) is 0 Å². The van der Waals surface area contributed by atoms with Gasteiger partial charge in [-0.1, -0.05) is 30.2 Å². The summed E-state index contributed by atoms with van der Waals surface area (Å²) in [4.78, 5) is 0.334. The minimum Gasteiger partial charge on any atom is -0.269 e. The van der Waals surface area contributed by atoms with E-state index in [1.165, 1.54) is 0 Å². The van der Waals surface area contributed by atoms with Crippen LogP contribution in [0.15, 0.2) is 40.9 Å². The molecule has 1 heterocycles. The van der Waals surface area contributed by atoms with Crippen molar-refractivity contribution in [3.05, 3.63) is 41.6 Å². The lowest BCUT2D eigenvalue weighted by Crippen LogP contribution is -2.50. The lowest BCUT2D eigenvalue weighted by Gasteiger charge is -2.44. The molecule has 0 aromatic heterocycles. The van der Waals surface area contributed by atoms with Crippen LogP contribution in [0.4, 0.5) is 0 Å². The zero-order valence-corrected chi connectivity index (χ0v) is 16.4. The molecule has 5 atom stereocenters. The van der Waals surface area contributed by atoms with Crippen molar-refractivity contribution in [2.24, 2.45) is 17.8 Å². The van der Waals surface area contributed by atoms with Crippen LogP contribution in [0.2, 0.25) is 0 Å². The number of rotatable bonds is 3. The number of nitrogens with zero attached hydrogens (tertiary/aromatic N) is 1. The summed E-state index contributed by atoms with van der Waals surface area (Å²) in [7, 11) is -3.57. The second-order valence-electron chi connectivity index (χ2n) is 7.08. The van der Waals surface area contributed by atoms with Gasteiger partial charge in [-0.15, -0.1) is 23.2 Å². The Morgan fingerprint density at radius 3 is 2.42 bits per heavy atom. The van der Waals surface area contributed by atoms with E-state index >= 15 is 0 Å². The van der Waals surface area contributed by atoms with Gasteiger partial charge in [0.25, 0.3) is 10.0 Å². The smallest absolute Gasteiger partial charge is 0.264 e. The molecule has 1 aromatic carbocycles. The van der Waals surface area contributed by atoms with Crippen LogP contribution >= 0.6 is 23.2 Å². The van der Waals surface area contributed by atoms with Gasteiger partial charge < -0.3 is 0 Å². The predicted octanol–water partition coefficient (Wildman–Crippen LogP) is 4.39. The van der Waals surface area contributed by atoms with Crippen molar-refractivity contribution in [2.75, 3.05) is 5.88 Å². The van der Waals surface area contributed by atoms with E-state index in [4.69, 9.17) is 23.2 Å².